The Labute approximate surface area is 66.5 Å². The first kappa shape index (κ1) is 8.49. The summed E-state index contributed by atoms with van der Waals surface area (Å²) in [6, 6.07) is -0.0382. The van der Waals surface area contributed by atoms with Gasteiger partial charge in [-0.2, -0.15) is 0 Å². The highest BCUT2D eigenvalue weighted by Gasteiger charge is 2.28. The zero-order valence-corrected chi connectivity index (χ0v) is 6.79. The number of nitrogens with zero attached hydrogens (tertiary/aromatic N) is 1. The van der Waals surface area contributed by atoms with Gasteiger partial charge in [0.25, 0.3) is 0 Å². The minimum absolute atomic E-state index is 0.0382. The van der Waals surface area contributed by atoms with Crippen LogP contribution in [0.25, 0.3) is 0 Å². The van der Waals surface area contributed by atoms with E-state index >= 15 is 0 Å². The second-order valence-electron chi connectivity index (χ2n) is 3.22. The Hall–Kier alpha value is -0.610. The number of likely N-dealkylation sites (tertiary alicyclic amines) is 1. The maximum absolute atomic E-state index is 10.8. The normalized spacial score (nSPS) is 33.6. The molecule has 4 heteroatoms. The van der Waals surface area contributed by atoms with Gasteiger partial charge in [-0.25, -0.2) is 0 Å². The number of hydrogen-bond donors (Lipinski definition) is 2. The summed E-state index contributed by atoms with van der Waals surface area (Å²) in [6.45, 7) is 1.67. The SMILES string of the molecule is CN1CC[C@H](N)C(C(N)=O)C1. The van der Waals surface area contributed by atoms with Crippen LogP contribution in [0.5, 0.6) is 0 Å². The molecule has 1 heterocycles. The molecule has 0 aromatic rings. The number of amides is 1. The van der Waals surface area contributed by atoms with E-state index in [0.29, 0.717) is 6.54 Å². The molecule has 0 aromatic carbocycles. The maximum Gasteiger partial charge on any atom is 0.223 e. The number of carbonyl (C=O) groups is 1. The Balaban J connectivity index is 2.54. The molecule has 0 saturated carbocycles. The van der Waals surface area contributed by atoms with Crippen LogP contribution in [-0.4, -0.2) is 37.0 Å². The van der Waals surface area contributed by atoms with Crippen LogP contribution in [0.2, 0.25) is 0 Å². The summed E-state index contributed by atoms with van der Waals surface area (Å²) in [5.41, 5.74) is 10.9. The van der Waals surface area contributed by atoms with Crippen molar-refractivity contribution < 1.29 is 4.79 Å². The van der Waals surface area contributed by atoms with Gasteiger partial charge < -0.3 is 16.4 Å². The van der Waals surface area contributed by atoms with Gasteiger partial charge in [0.05, 0.1) is 5.92 Å². The van der Waals surface area contributed by atoms with E-state index in [0.717, 1.165) is 13.0 Å². The average Bonchev–Trinajstić information content (AvgIpc) is 1.94. The van der Waals surface area contributed by atoms with Gasteiger partial charge in [-0.15, -0.1) is 0 Å². The summed E-state index contributed by atoms with van der Waals surface area (Å²) >= 11 is 0. The van der Waals surface area contributed by atoms with Crippen LogP contribution in [0.1, 0.15) is 6.42 Å². The lowest BCUT2D eigenvalue weighted by atomic mass is 9.93. The Bertz CT molecular complexity index is 160. The van der Waals surface area contributed by atoms with Crippen molar-refractivity contribution in [3.63, 3.8) is 0 Å². The molecule has 2 atom stereocenters. The number of piperidine rings is 1. The minimum atomic E-state index is -0.274. The third-order valence-electron chi connectivity index (χ3n) is 2.23. The fourth-order valence-electron chi connectivity index (χ4n) is 1.43. The molecule has 64 valence electrons. The fourth-order valence-corrected chi connectivity index (χ4v) is 1.43. The van der Waals surface area contributed by atoms with Gasteiger partial charge in [0.15, 0.2) is 0 Å². The van der Waals surface area contributed by atoms with Crippen LogP contribution in [0.15, 0.2) is 0 Å². The van der Waals surface area contributed by atoms with Crippen molar-refractivity contribution >= 4 is 5.91 Å². The zero-order chi connectivity index (χ0) is 8.43. The number of nitrogens with two attached hydrogens (primary N) is 2. The highest BCUT2D eigenvalue weighted by Crippen LogP contribution is 2.13. The van der Waals surface area contributed by atoms with Gasteiger partial charge in [0, 0.05) is 12.6 Å². The van der Waals surface area contributed by atoms with Crippen LogP contribution < -0.4 is 11.5 Å². The first-order valence-electron chi connectivity index (χ1n) is 3.84. The Kier molecular flexibility index (Phi) is 2.46. The summed E-state index contributed by atoms with van der Waals surface area (Å²) in [4.78, 5) is 12.9. The molecule has 1 rings (SSSR count). The molecule has 11 heavy (non-hydrogen) atoms. The van der Waals surface area contributed by atoms with Gasteiger partial charge in [0.2, 0.25) is 5.91 Å². The standard InChI is InChI=1S/C7H15N3O/c1-10-3-2-6(8)5(4-10)7(9)11/h5-6H,2-4,8H2,1H3,(H2,9,11)/t5?,6-/m0/s1. The van der Waals surface area contributed by atoms with Gasteiger partial charge in [-0.3, -0.25) is 4.79 Å². The molecule has 0 spiro atoms. The van der Waals surface area contributed by atoms with E-state index in [1.54, 1.807) is 0 Å². The van der Waals surface area contributed by atoms with Crippen molar-refractivity contribution in [1.82, 2.24) is 4.90 Å². The predicted molar refractivity (Wildman–Crippen MR) is 42.8 cm³/mol. The summed E-state index contributed by atoms with van der Waals surface area (Å²) in [5.74, 6) is -0.433. The van der Waals surface area contributed by atoms with Crippen molar-refractivity contribution in [2.45, 2.75) is 12.5 Å². The van der Waals surface area contributed by atoms with Gasteiger partial charge >= 0.3 is 0 Å². The van der Waals surface area contributed by atoms with E-state index in [-0.39, 0.29) is 17.9 Å². The molecular weight excluding hydrogens is 142 g/mol. The Morgan fingerprint density at radius 1 is 1.64 bits per heavy atom. The van der Waals surface area contributed by atoms with Crippen LogP contribution in [-0.2, 0) is 4.79 Å². The molecule has 1 aliphatic rings. The lowest BCUT2D eigenvalue weighted by molar-refractivity contribution is -0.123. The zero-order valence-electron chi connectivity index (χ0n) is 6.79. The van der Waals surface area contributed by atoms with Crippen LogP contribution >= 0.6 is 0 Å². The van der Waals surface area contributed by atoms with Gasteiger partial charge in [-0.05, 0) is 20.0 Å². The lowest BCUT2D eigenvalue weighted by Crippen LogP contribution is -2.50. The largest absolute Gasteiger partial charge is 0.369 e. The Morgan fingerprint density at radius 3 is 2.73 bits per heavy atom. The van der Waals surface area contributed by atoms with E-state index in [4.69, 9.17) is 11.5 Å². The average molecular weight is 157 g/mol. The third-order valence-corrected chi connectivity index (χ3v) is 2.23. The van der Waals surface area contributed by atoms with Crippen LogP contribution in [0.3, 0.4) is 0 Å². The van der Waals surface area contributed by atoms with Gasteiger partial charge in [0.1, 0.15) is 0 Å². The van der Waals surface area contributed by atoms with Gasteiger partial charge in [-0.1, -0.05) is 0 Å². The van der Waals surface area contributed by atoms with Crippen molar-refractivity contribution in [3.05, 3.63) is 0 Å². The monoisotopic (exact) mass is 157 g/mol. The molecule has 4 N–H and O–H groups in total. The van der Waals surface area contributed by atoms with E-state index in [9.17, 15) is 4.79 Å². The topological polar surface area (TPSA) is 72.3 Å². The molecule has 1 saturated heterocycles. The first-order chi connectivity index (χ1) is 5.11. The number of rotatable bonds is 1. The molecule has 1 unspecified atom stereocenters. The van der Waals surface area contributed by atoms with Crippen LogP contribution in [0.4, 0.5) is 0 Å². The summed E-state index contributed by atoms with van der Waals surface area (Å²) < 4.78 is 0. The molecule has 1 aliphatic heterocycles. The minimum Gasteiger partial charge on any atom is -0.369 e. The molecule has 0 aromatic heterocycles. The predicted octanol–water partition coefficient (Wildman–Crippen LogP) is -1.25. The Morgan fingerprint density at radius 2 is 2.27 bits per heavy atom. The smallest absolute Gasteiger partial charge is 0.223 e. The summed E-state index contributed by atoms with van der Waals surface area (Å²) in [5, 5.41) is 0. The maximum atomic E-state index is 10.8. The van der Waals surface area contributed by atoms with Crippen LogP contribution in [0, 0.1) is 5.92 Å². The quantitative estimate of drug-likeness (QED) is 0.499. The van der Waals surface area contributed by atoms with E-state index in [2.05, 4.69) is 4.90 Å². The summed E-state index contributed by atoms with van der Waals surface area (Å²) in [6.07, 6.45) is 0.865. The van der Waals surface area contributed by atoms with Crippen molar-refractivity contribution in [1.29, 1.82) is 0 Å². The first-order valence-corrected chi connectivity index (χ1v) is 3.84. The molecular formula is C7H15N3O. The molecule has 0 bridgehead atoms. The van der Waals surface area contributed by atoms with E-state index in [1.165, 1.54) is 0 Å². The molecule has 0 aliphatic carbocycles. The van der Waals surface area contributed by atoms with E-state index < -0.39 is 0 Å². The summed E-state index contributed by atoms with van der Waals surface area (Å²) in [7, 11) is 1.97. The highest BCUT2D eigenvalue weighted by molar-refractivity contribution is 5.77. The molecule has 1 amide bonds. The number of hydrogen-bond acceptors (Lipinski definition) is 3. The highest BCUT2D eigenvalue weighted by atomic mass is 16.1. The van der Waals surface area contributed by atoms with Crippen molar-refractivity contribution in [2.24, 2.45) is 17.4 Å². The molecule has 4 nitrogen and oxygen atoms in total. The lowest BCUT2D eigenvalue weighted by Gasteiger charge is -2.32. The fraction of sp³-hybridized carbons (Fsp3) is 0.857. The second-order valence-corrected chi connectivity index (χ2v) is 3.22. The molecule has 0 radical (unpaired) electrons. The second kappa shape index (κ2) is 3.19. The van der Waals surface area contributed by atoms with Crippen molar-refractivity contribution in [3.8, 4) is 0 Å². The number of primary amides is 1. The third kappa shape index (κ3) is 1.91. The molecule has 1 fully saturated rings. The number of carbonyl (C=O) groups excluding carboxylic acids is 1. The van der Waals surface area contributed by atoms with E-state index in [1.807, 2.05) is 7.05 Å². The van der Waals surface area contributed by atoms with Crippen molar-refractivity contribution in [2.75, 3.05) is 20.1 Å².